The molecular weight excluding hydrogens is 300 g/mol. The molecule has 1 aromatic heterocycles. The summed E-state index contributed by atoms with van der Waals surface area (Å²) in [4.78, 5) is 4.79. The zero-order valence-electron chi connectivity index (χ0n) is 14.6. The molecule has 0 atom stereocenters. The molecule has 0 spiro atoms. The van der Waals surface area contributed by atoms with Crippen LogP contribution < -0.4 is 9.47 Å². The maximum atomic E-state index is 5.40. The lowest BCUT2D eigenvalue weighted by Crippen LogP contribution is -2.06. The van der Waals surface area contributed by atoms with Crippen molar-refractivity contribution in [3.05, 3.63) is 53.9 Å². The summed E-state index contributed by atoms with van der Waals surface area (Å²) in [5, 5.41) is 0. The number of imidazole rings is 1. The van der Waals surface area contributed by atoms with Crippen LogP contribution in [0.3, 0.4) is 0 Å². The first-order valence-corrected chi connectivity index (χ1v) is 8.41. The number of aryl methyl sites for hydroxylation is 3. The fourth-order valence-electron chi connectivity index (χ4n) is 3.07. The lowest BCUT2D eigenvalue weighted by atomic mass is 10.1. The Morgan fingerprint density at radius 2 is 1.75 bits per heavy atom. The van der Waals surface area contributed by atoms with Gasteiger partial charge in [0.2, 0.25) is 0 Å². The van der Waals surface area contributed by atoms with E-state index < -0.39 is 0 Å². The Labute approximate surface area is 143 Å². The van der Waals surface area contributed by atoms with Crippen LogP contribution in [0.2, 0.25) is 0 Å². The number of para-hydroxylation sites is 2. The van der Waals surface area contributed by atoms with E-state index in [1.165, 1.54) is 16.9 Å². The molecule has 0 aliphatic heterocycles. The highest BCUT2D eigenvalue weighted by Gasteiger charge is 2.10. The van der Waals surface area contributed by atoms with Gasteiger partial charge in [-0.2, -0.15) is 0 Å². The fourth-order valence-corrected chi connectivity index (χ4v) is 3.07. The molecule has 0 aliphatic carbocycles. The lowest BCUT2D eigenvalue weighted by Gasteiger charge is -2.11. The summed E-state index contributed by atoms with van der Waals surface area (Å²) in [6.45, 7) is 3.10. The first-order valence-electron chi connectivity index (χ1n) is 8.41. The number of nitrogens with zero attached hydrogens (tertiary/aromatic N) is 2. The van der Waals surface area contributed by atoms with E-state index in [0.29, 0.717) is 0 Å². The van der Waals surface area contributed by atoms with Gasteiger partial charge in [-0.1, -0.05) is 25.1 Å². The molecule has 1 heterocycles. The Balaban J connectivity index is 1.86. The summed E-state index contributed by atoms with van der Waals surface area (Å²) in [7, 11) is 3.33. The van der Waals surface area contributed by atoms with Crippen molar-refractivity contribution in [2.24, 2.45) is 0 Å². The second kappa shape index (κ2) is 7.39. The fraction of sp³-hybridized carbons (Fsp3) is 0.350. The third-order valence-electron chi connectivity index (χ3n) is 4.28. The van der Waals surface area contributed by atoms with Crippen LogP contribution in [-0.2, 0) is 19.4 Å². The molecule has 0 radical (unpaired) electrons. The van der Waals surface area contributed by atoms with Crippen molar-refractivity contribution in [3.63, 3.8) is 0 Å². The van der Waals surface area contributed by atoms with Crippen molar-refractivity contribution in [3.8, 4) is 11.5 Å². The Hall–Kier alpha value is -2.49. The maximum absolute atomic E-state index is 5.40. The summed E-state index contributed by atoms with van der Waals surface area (Å²) in [5.41, 5.74) is 3.52. The molecule has 0 saturated heterocycles. The number of ether oxygens (including phenoxy) is 2. The number of methoxy groups -OCH3 is 2. The van der Waals surface area contributed by atoms with E-state index >= 15 is 0 Å². The molecule has 2 aromatic carbocycles. The SMILES string of the molecule is CCCc1nc2ccccc2n1CCc1ccc(OC)c(OC)c1. The van der Waals surface area contributed by atoms with Gasteiger partial charge in [-0.25, -0.2) is 4.98 Å². The molecule has 24 heavy (non-hydrogen) atoms. The Morgan fingerprint density at radius 1 is 0.958 bits per heavy atom. The van der Waals surface area contributed by atoms with Gasteiger partial charge in [0.15, 0.2) is 11.5 Å². The summed E-state index contributed by atoms with van der Waals surface area (Å²) in [6, 6.07) is 14.5. The molecule has 3 aromatic rings. The van der Waals surface area contributed by atoms with E-state index in [1.807, 2.05) is 12.1 Å². The molecule has 126 valence electrons. The highest BCUT2D eigenvalue weighted by Crippen LogP contribution is 2.28. The third-order valence-corrected chi connectivity index (χ3v) is 4.28. The molecule has 0 saturated carbocycles. The summed E-state index contributed by atoms with van der Waals surface area (Å²) >= 11 is 0. The van der Waals surface area contributed by atoms with E-state index in [4.69, 9.17) is 14.5 Å². The molecule has 0 unspecified atom stereocenters. The number of fused-ring (bicyclic) bond motifs is 1. The molecule has 0 bridgehead atoms. The zero-order valence-corrected chi connectivity index (χ0v) is 14.6. The van der Waals surface area contributed by atoms with Crippen molar-refractivity contribution >= 4 is 11.0 Å². The van der Waals surface area contributed by atoms with Gasteiger partial charge in [-0.3, -0.25) is 0 Å². The highest BCUT2D eigenvalue weighted by atomic mass is 16.5. The molecule has 0 amide bonds. The van der Waals surface area contributed by atoms with Crippen molar-refractivity contribution in [2.75, 3.05) is 14.2 Å². The van der Waals surface area contributed by atoms with Crippen LogP contribution in [0.4, 0.5) is 0 Å². The van der Waals surface area contributed by atoms with Gasteiger partial charge in [-0.15, -0.1) is 0 Å². The smallest absolute Gasteiger partial charge is 0.160 e. The van der Waals surface area contributed by atoms with Crippen molar-refractivity contribution in [1.82, 2.24) is 9.55 Å². The number of benzene rings is 2. The Kier molecular flexibility index (Phi) is 5.04. The van der Waals surface area contributed by atoms with Crippen LogP contribution in [0.1, 0.15) is 24.7 Å². The number of hydrogen-bond acceptors (Lipinski definition) is 3. The summed E-state index contributed by atoms with van der Waals surface area (Å²) in [6.07, 6.45) is 3.03. The van der Waals surface area contributed by atoms with E-state index in [1.54, 1.807) is 14.2 Å². The minimum atomic E-state index is 0.765. The molecule has 4 nitrogen and oxygen atoms in total. The first-order chi connectivity index (χ1) is 11.8. The van der Waals surface area contributed by atoms with E-state index in [9.17, 15) is 0 Å². The predicted octanol–water partition coefficient (Wildman–Crippen LogP) is 4.25. The minimum Gasteiger partial charge on any atom is -0.493 e. The van der Waals surface area contributed by atoms with Gasteiger partial charge >= 0.3 is 0 Å². The average molecular weight is 324 g/mol. The standard InChI is InChI=1S/C20H24N2O2/c1-4-7-20-21-16-8-5-6-9-17(16)22(20)13-12-15-10-11-18(23-2)19(14-15)24-3/h5-6,8-11,14H,4,7,12-13H2,1-3H3. The van der Waals surface area contributed by atoms with Crippen molar-refractivity contribution in [2.45, 2.75) is 32.7 Å². The molecule has 3 rings (SSSR count). The van der Waals surface area contributed by atoms with Crippen LogP contribution in [-0.4, -0.2) is 23.8 Å². The number of rotatable bonds is 7. The number of aromatic nitrogens is 2. The van der Waals surface area contributed by atoms with Crippen LogP contribution in [0.15, 0.2) is 42.5 Å². The van der Waals surface area contributed by atoms with Crippen LogP contribution in [0.25, 0.3) is 11.0 Å². The van der Waals surface area contributed by atoms with Gasteiger partial charge in [0.05, 0.1) is 25.3 Å². The molecular formula is C20H24N2O2. The second-order valence-corrected chi connectivity index (χ2v) is 5.86. The minimum absolute atomic E-state index is 0.765. The van der Waals surface area contributed by atoms with Gasteiger partial charge < -0.3 is 14.0 Å². The van der Waals surface area contributed by atoms with Gasteiger partial charge in [0.25, 0.3) is 0 Å². The zero-order chi connectivity index (χ0) is 16.9. The Morgan fingerprint density at radius 3 is 2.50 bits per heavy atom. The van der Waals surface area contributed by atoms with E-state index in [-0.39, 0.29) is 0 Å². The van der Waals surface area contributed by atoms with Gasteiger partial charge in [0.1, 0.15) is 5.82 Å². The van der Waals surface area contributed by atoms with Crippen LogP contribution >= 0.6 is 0 Å². The maximum Gasteiger partial charge on any atom is 0.160 e. The largest absolute Gasteiger partial charge is 0.493 e. The quantitative estimate of drug-likeness (QED) is 0.652. The summed E-state index contributed by atoms with van der Waals surface area (Å²) < 4.78 is 13.1. The highest BCUT2D eigenvalue weighted by molar-refractivity contribution is 5.75. The molecule has 0 aliphatic rings. The van der Waals surface area contributed by atoms with E-state index in [2.05, 4.69) is 41.8 Å². The molecule has 0 N–H and O–H groups in total. The average Bonchev–Trinajstić information content (AvgIpc) is 2.97. The van der Waals surface area contributed by atoms with Crippen molar-refractivity contribution < 1.29 is 9.47 Å². The van der Waals surface area contributed by atoms with Gasteiger partial charge in [-0.05, 0) is 42.7 Å². The summed E-state index contributed by atoms with van der Waals surface area (Å²) in [5.74, 6) is 2.71. The van der Waals surface area contributed by atoms with Crippen LogP contribution in [0, 0.1) is 0 Å². The lowest BCUT2D eigenvalue weighted by molar-refractivity contribution is 0.354. The molecule has 4 heteroatoms. The second-order valence-electron chi connectivity index (χ2n) is 5.86. The predicted molar refractivity (Wildman–Crippen MR) is 97.0 cm³/mol. The first kappa shape index (κ1) is 16.4. The van der Waals surface area contributed by atoms with Crippen molar-refractivity contribution in [1.29, 1.82) is 0 Å². The molecule has 0 fully saturated rings. The monoisotopic (exact) mass is 324 g/mol. The van der Waals surface area contributed by atoms with Crippen LogP contribution in [0.5, 0.6) is 11.5 Å². The topological polar surface area (TPSA) is 36.3 Å². The van der Waals surface area contributed by atoms with Gasteiger partial charge in [0, 0.05) is 13.0 Å². The Bertz CT molecular complexity index is 824. The number of hydrogen-bond donors (Lipinski definition) is 0. The normalized spacial score (nSPS) is 11.0. The third kappa shape index (κ3) is 3.23. The van der Waals surface area contributed by atoms with E-state index in [0.717, 1.165) is 42.8 Å².